The van der Waals surface area contributed by atoms with Crippen molar-refractivity contribution in [2.24, 2.45) is 0 Å². The molecule has 0 saturated heterocycles. The number of halogens is 1. The maximum absolute atomic E-state index is 11.5. The molecule has 1 amide bonds. The van der Waals surface area contributed by atoms with Gasteiger partial charge in [-0.25, -0.2) is 4.98 Å². The number of alkyl halides is 1. The van der Waals surface area contributed by atoms with Crippen molar-refractivity contribution >= 4 is 17.5 Å². The highest BCUT2D eigenvalue weighted by atomic mass is 35.5. The van der Waals surface area contributed by atoms with Crippen LogP contribution in [-0.4, -0.2) is 30.4 Å². The molecule has 4 nitrogen and oxygen atoms in total. The van der Waals surface area contributed by atoms with Crippen molar-refractivity contribution in [2.45, 2.75) is 0 Å². The lowest BCUT2D eigenvalue weighted by atomic mass is 10.2. The fraction of sp³-hybridized carbons (Fsp3) is 0.333. The van der Waals surface area contributed by atoms with E-state index in [0.717, 1.165) is 0 Å². The minimum absolute atomic E-state index is 0.226. The summed E-state index contributed by atoms with van der Waals surface area (Å²) < 4.78 is 4.94. The molecule has 14 heavy (non-hydrogen) atoms. The number of aromatic nitrogens is 1. The average Bonchev–Trinajstić information content (AvgIpc) is 2.25. The Balaban J connectivity index is 2.78. The third kappa shape index (κ3) is 2.60. The highest BCUT2D eigenvalue weighted by molar-refractivity contribution is 6.18. The fourth-order valence-corrected chi connectivity index (χ4v) is 1.08. The number of hydrogen-bond acceptors (Lipinski definition) is 3. The molecule has 0 unspecified atom stereocenters. The standard InChI is InChI=1S/C9H11ClN2O2/c1-14-9-7(3-2-5-12-9)8(13)11-6-4-10/h2-3,5H,4,6H2,1H3,(H,11,13). The number of carbonyl (C=O) groups is 1. The van der Waals surface area contributed by atoms with E-state index in [4.69, 9.17) is 16.3 Å². The molecular weight excluding hydrogens is 204 g/mol. The van der Waals surface area contributed by atoms with E-state index in [0.29, 0.717) is 23.9 Å². The number of carbonyl (C=O) groups excluding carboxylic acids is 1. The number of amides is 1. The van der Waals surface area contributed by atoms with E-state index in [1.54, 1.807) is 18.3 Å². The van der Waals surface area contributed by atoms with Gasteiger partial charge in [0.15, 0.2) is 0 Å². The third-order valence-electron chi connectivity index (χ3n) is 1.59. The fourth-order valence-electron chi connectivity index (χ4n) is 0.982. The van der Waals surface area contributed by atoms with Gasteiger partial charge in [0.25, 0.3) is 5.91 Å². The van der Waals surface area contributed by atoms with Crippen molar-refractivity contribution < 1.29 is 9.53 Å². The first-order valence-electron chi connectivity index (χ1n) is 4.12. The second kappa shape index (κ2) is 5.44. The van der Waals surface area contributed by atoms with Gasteiger partial charge in [0.2, 0.25) is 5.88 Å². The smallest absolute Gasteiger partial charge is 0.256 e. The monoisotopic (exact) mass is 214 g/mol. The first kappa shape index (κ1) is 10.8. The van der Waals surface area contributed by atoms with E-state index in [-0.39, 0.29) is 5.91 Å². The Morgan fingerprint density at radius 2 is 2.50 bits per heavy atom. The summed E-state index contributed by atoms with van der Waals surface area (Å²) in [5, 5.41) is 2.63. The van der Waals surface area contributed by atoms with Crippen molar-refractivity contribution in [1.82, 2.24) is 10.3 Å². The normalized spacial score (nSPS) is 9.57. The van der Waals surface area contributed by atoms with Crippen molar-refractivity contribution in [3.8, 4) is 5.88 Å². The van der Waals surface area contributed by atoms with E-state index in [2.05, 4.69) is 10.3 Å². The molecule has 0 aliphatic heterocycles. The summed E-state index contributed by atoms with van der Waals surface area (Å²) in [5.74, 6) is 0.476. The molecule has 1 heterocycles. The largest absolute Gasteiger partial charge is 0.480 e. The van der Waals surface area contributed by atoms with Crippen molar-refractivity contribution in [3.63, 3.8) is 0 Å². The molecule has 0 saturated carbocycles. The summed E-state index contributed by atoms with van der Waals surface area (Å²) in [7, 11) is 1.47. The molecule has 0 aliphatic rings. The van der Waals surface area contributed by atoms with Gasteiger partial charge in [-0.15, -0.1) is 11.6 Å². The van der Waals surface area contributed by atoms with E-state index < -0.39 is 0 Å². The van der Waals surface area contributed by atoms with Gasteiger partial charge in [0, 0.05) is 18.6 Å². The first-order valence-corrected chi connectivity index (χ1v) is 4.66. The minimum atomic E-state index is -0.226. The number of hydrogen-bond donors (Lipinski definition) is 1. The molecule has 5 heteroatoms. The van der Waals surface area contributed by atoms with Gasteiger partial charge in [-0.05, 0) is 12.1 Å². The number of pyridine rings is 1. The molecule has 0 radical (unpaired) electrons. The van der Waals surface area contributed by atoms with Crippen LogP contribution in [0.15, 0.2) is 18.3 Å². The lowest BCUT2D eigenvalue weighted by Crippen LogP contribution is -2.25. The van der Waals surface area contributed by atoms with Crippen molar-refractivity contribution in [2.75, 3.05) is 19.5 Å². The molecule has 1 N–H and O–H groups in total. The van der Waals surface area contributed by atoms with Crippen LogP contribution >= 0.6 is 11.6 Å². The van der Waals surface area contributed by atoms with Crippen LogP contribution in [-0.2, 0) is 0 Å². The van der Waals surface area contributed by atoms with Crippen LogP contribution in [0.2, 0.25) is 0 Å². The Hall–Kier alpha value is -1.29. The number of methoxy groups -OCH3 is 1. The molecular formula is C9H11ClN2O2. The summed E-state index contributed by atoms with van der Waals surface area (Å²) in [5.41, 5.74) is 0.417. The van der Waals surface area contributed by atoms with Crippen LogP contribution in [0.3, 0.4) is 0 Å². The van der Waals surface area contributed by atoms with Gasteiger partial charge in [0.05, 0.1) is 7.11 Å². The first-order chi connectivity index (χ1) is 6.79. The summed E-state index contributed by atoms with van der Waals surface area (Å²) in [6.45, 7) is 0.429. The van der Waals surface area contributed by atoms with Crippen LogP contribution in [0, 0.1) is 0 Å². The SMILES string of the molecule is COc1ncccc1C(=O)NCCCl. The van der Waals surface area contributed by atoms with Gasteiger partial charge < -0.3 is 10.1 Å². The topological polar surface area (TPSA) is 51.2 Å². The zero-order chi connectivity index (χ0) is 10.4. The number of rotatable bonds is 4. The molecule has 0 bridgehead atoms. The molecule has 0 aliphatic carbocycles. The minimum Gasteiger partial charge on any atom is -0.480 e. The Bertz CT molecular complexity index is 317. The highest BCUT2D eigenvalue weighted by Crippen LogP contribution is 2.12. The van der Waals surface area contributed by atoms with Gasteiger partial charge >= 0.3 is 0 Å². The van der Waals surface area contributed by atoms with Crippen LogP contribution in [0.1, 0.15) is 10.4 Å². The number of ether oxygens (including phenoxy) is 1. The van der Waals surface area contributed by atoms with E-state index in [1.165, 1.54) is 7.11 Å². The summed E-state index contributed by atoms with van der Waals surface area (Å²) in [6, 6.07) is 3.33. The summed E-state index contributed by atoms with van der Waals surface area (Å²) >= 11 is 5.45. The number of nitrogens with zero attached hydrogens (tertiary/aromatic N) is 1. The third-order valence-corrected chi connectivity index (χ3v) is 1.78. The molecule has 76 valence electrons. The van der Waals surface area contributed by atoms with E-state index in [1.807, 2.05) is 0 Å². The van der Waals surface area contributed by atoms with E-state index in [9.17, 15) is 4.79 Å². The van der Waals surface area contributed by atoms with Crippen molar-refractivity contribution in [1.29, 1.82) is 0 Å². The summed E-state index contributed by atoms with van der Waals surface area (Å²) in [4.78, 5) is 15.4. The van der Waals surface area contributed by atoms with Gasteiger partial charge in [-0.2, -0.15) is 0 Å². The van der Waals surface area contributed by atoms with Crippen LogP contribution in [0.4, 0.5) is 0 Å². The molecule has 1 aromatic rings. The predicted molar refractivity (Wildman–Crippen MR) is 53.8 cm³/mol. The number of nitrogens with one attached hydrogen (secondary N) is 1. The van der Waals surface area contributed by atoms with Crippen LogP contribution in [0.5, 0.6) is 5.88 Å². The molecule has 0 atom stereocenters. The second-order valence-electron chi connectivity index (χ2n) is 2.51. The molecule has 1 rings (SSSR count). The lowest BCUT2D eigenvalue weighted by molar-refractivity contribution is 0.0952. The Morgan fingerprint density at radius 3 is 3.14 bits per heavy atom. The Morgan fingerprint density at radius 1 is 1.71 bits per heavy atom. The average molecular weight is 215 g/mol. The van der Waals surface area contributed by atoms with Crippen LogP contribution < -0.4 is 10.1 Å². The molecule has 0 spiro atoms. The zero-order valence-electron chi connectivity index (χ0n) is 7.79. The van der Waals surface area contributed by atoms with Gasteiger partial charge in [-0.3, -0.25) is 4.79 Å². The van der Waals surface area contributed by atoms with Gasteiger partial charge in [0.1, 0.15) is 5.56 Å². The van der Waals surface area contributed by atoms with Crippen LogP contribution in [0.25, 0.3) is 0 Å². The van der Waals surface area contributed by atoms with Crippen molar-refractivity contribution in [3.05, 3.63) is 23.9 Å². The maximum Gasteiger partial charge on any atom is 0.256 e. The second-order valence-corrected chi connectivity index (χ2v) is 2.88. The molecule has 0 fully saturated rings. The lowest BCUT2D eigenvalue weighted by Gasteiger charge is -2.06. The predicted octanol–water partition coefficient (Wildman–Crippen LogP) is 1.06. The maximum atomic E-state index is 11.5. The summed E-state index contributed by atoms with van der Waals surface area (Å²) in [6.07, 6.45) is 1.57. The zero-order valence-corrected chi connectivity index (χ0v) is 8.54. The Kier molecular flexibility index (Phi) is 4.19. The quantitative estimate of drug-likeness (QED) is 0.763. The molecule has 1 aromatic heterocycles. The highest BCUT2D eigenvalue weighted by Gasteiger charge is 2.11. The van der Waals surface area contributed by atoms with E-state index >= 15 is 0 Å². The molecule has 0 aromatic carbocycles. The Labute approximate surface area is 87.2 Å². The van der Waals surface area contributed by atoms with Gasteiger partial charge in [-0.1, -0.05) is 0 Å².